The Balaban J connectivity index is 1.55. The van der Waals surface area contributed by atoms with Crippen LogP contribution in [0.2, 0.25) is 0 Å². The molecule has 2 aromatic rings. The first-order valence-corrected chi connectivity index (χ1v) is 10.7. The minimum Gasteiger partial charge on any atom is -0.303 e. The predicted molar refractivity (Wildman–Crippen MR) is 101 cm³/mol. The molecule has 1 aliphatic rings. The van der Waals surface area contributed by atoms with E-state index in [0.29, 0.717) is 17.7 Å². The van der Waals surface area contributed by atoms with Crippen LogP contribution in [0.3, 0.4) is 0 Å². The summed E-state index contributed by atoms with van der Waals surface area (Å²) in [4.78, 5) is 2.81. The van der Waals surface area contributed by atoms with Gasteiger partial charge in [0.05, 0.1) is 10.1 Å². The molecule has 0 bridgehead atoms. The molecule has 2 aromatic carbocycles. The third-order valence-corrected chi connectivity index (χ3v) is 7.48. The Morgan fingerprint density at radius 2 is 1.58 bits per heavy atom. The van der Waals surface area contributed by atoms with Crippen molar-refractivity contribution in [1.82, 2.24) is 4.90 Å². The van der Waals surface area contributed by atoms with Crippen molar-refractivity contribution in [1.29, 1.82) is 0 Å². The number of hydrogen-bond acceptors (Lipinski definition) is 3. The lowest BCUT2D eigenvalue weighted by Crippen LogP contribution is -2.40. The van der Waals surface area contributed by atoms with Crippen LogP contribution < -0.4 is 0 Å². The van der Waals surface area contributed by atoms with Gasteiger partial charge in [-0.15, -0.1) is 0 Å². The van der Waals surface area contributed by atoms with Crippen LogP contribution in [-0.4, -0.2) is 38.2 Å². The van der Waals surface area contributed by atoms with Crippen molar-refractivity contribution in [3.63, 3.8) is 0 Å². The fraction of sp³-hybridized carbons (Fsp3) is 0.368. The molecule has 5 heteroatoms. The van der Waals surface area contributed by atoms with E-state index in [1.807, 2.05) is 6.07 Å². The van der Waals surface area contributed by atoms with Gasteiger partial charge in [-0.3, -0.25) is 0 Å². The van der Waals surface area contributed by atoms with Crippen LogP contribution in [0.4, 0.5) is 0 Å². The Labute approximate surface area is 152 Å². The summed E-state index contributed by atoms with van der Waals surface area (Å²) in [5.74, 6) is 0. The minimum atomic E-state index is -3.22. The summed E-state index contributed by atoms with van der Waals surface area (Å²) in [5.41, 5.74) is 1.34. The average Bonchev–Trinajstić information content (AvgIpc) is 2.61. The maximum absolute atomic E-state index is 12.8. The zero-order valence-electron chi connectivity index (χ0n) is 13.6. The molecule has 0 saturated carbocycles. The molecule has 0 radical (unpaired) electrons. The highest BCUT2D eigenvalue weighted by atomic mass is 79.9. The number of likely N-dealkylation sites (tertiary alicyclic amines) is 1. The molecule has 128 valence electrons. The van der Waals surface area contributed by atoms with Crippen LogP contribution in [-0.2, 0) is 16.3 Å². The van der Waals surface area contributed by atoms with E-state index in [0.717, 1.165) is 30.5 Å². The maximum Gasteiger partial charge on any atom is 0.181 e. The van der Waals surface area contributed by atoms with E-state index >= 15 is 0 Å². The molecule has 1 aliphatic heterocycles. The molecule has 1 saturated heterocycles. The summed E-state index contributed by atoms with van der Waals surface area (Å²) in [6.45, 7) is 2.70. The number of halogens is 1. The zero-order valence-corrected chi connectivity index (χ0v) is 16.0. The Morgan fingerprint density at radius 1 is 0.958 bits per heavy atom. The topological polar surface area (TPSA) is 37.4 Å². The van der Waals surface area contributed by atoms with E-state index in [1.54, 1.807) is 24.3 Å². The number of hydrogen-bond donors (Lipinski definition) is 0. The van der Waals surface area contributed by atoms with Crippen LogP contribution in [0.5, 0.6) is 0 Å². The van der Waals surface area contributed by atoms with Gasteiger partial charge >= 0.3 is 0 Å². The van der Waals surface area contributed by atoms with Crippen molar-refractivity contribution in [2.24, 2.45) is 0 Å². The predicted octanol–water partition coefficient (Wildman–Crippen LogP) is 3.93. The van der Waals surface area contributed by atoms with Gasteiger partial charge in [0, 0.05) is 11.0 Å². The SMILES string of the molecule is O=S(=O)(c1ccc(Br)cc1)C1CCN(CCc2ccccc2)CC1. The zero-order chi connectivity index (χ0) is 17.0. The van der Waals surface area contributed by atoms with Crippen LogP contribution in [0.25, 0.3) is 0 Å². The molecule has 1 heterocycles. The lowest BCUT2D eigenvalue weighted by Gasteiger charge is -2.31. The molecular weight excluding hydrogens is 386 g/mol. The highest BCUT2D eigenvalue weighted by Gasteiger charge is 2.31. The Kier molecular flexibility index (Phi) is 5.74. The molecular formula is C19H22BrNO2S. The second-order valence-corrected chi connectivity index (χ2v) is 9.42. The van der Waals surface area contributed by atoms with E-state index in [4.69, 9.17) is 0 Å². The van der Waals surface area contributed by atoms with Crippen molar-refractivity contribution < 1.29 is 8.42 Å². The molecule has 3 rings (SSSR count). The number of nitrogens with zero attached hydrogens (tertiary/aromatic N) is 1. The van der Waals surface area contributed by atoms with Gasteiger partial charge in [0.15, 0.2) is 9.84 Å². The molecule has 0 N–H and O–H groups in total. The molecule has 0 aliphatic carbocycles. The average molecular weight is 408 g/mol. The Hall–Kier alpha value is -1.17. The first-order chi connectivity index (χ1) is 11.6. The van der Waals surface area contributed by atoms with Crippen molar-refractivity contribution in [2.45, 2.75) is 29.4 Å². The molecule has 0 aromatic heterocycles. The van der Waals surface area contributed by atoms with Crippen LogP contribution in [0.1, 0.15) is 18.4 Å². The summed E-state index contributed by atoms with van der Waals surface area (Å²) in [5, 5.41) is -0.258. The van der Waals surface area contributed by atoms with E-state index in [-0.39, 0.29) is 5.25 Å². The van der Waals surface area contributed by atoms with Gasteiger partial charge in [0.2, 0.25) is 0 Å². The van der Waals surface area contributed by atoms with Crippen molar-refractivity contribution in [3.8, 4) is 0 Å². The first-order valence-electron chi connectivity index (χ1n) is 8.31. The molecule has 1 fully saturated rings. The number of benzene rings is 2. The van der Waals surface area contributed by atoms with Gasteiger partial charge in [-0.1, -0.05) is 46.3 Å². The van der Waals surface area contributed by atoms with Crippen molar-refractivity contribution in [3.05, 3.63) is 64.6 Å². The molecule has 0 unspecified atom stereocenters. The van der Waals surface area contributed by atoms with Crippen LogP contribution in [0.15, 0.2) is 64.0 Å². The van der Waals surface area contributed by atoms with Gasteiger partial charge in [-0.25, -0.2) is 8.42 Å². The summed E-state index contributed by atoms with van der Waals surface area (Å²) in [7, 11) is -3.22. The third kappa shape index (κ3) is 4.26. The minimum absolute atomic E-state index is 0.258. The third-order valence-electron chi connectivity index (χ3n) is 4.68. The van der Waals surface area contributed by atoms with Gasteiger partial charge in [0.1, 0.15) is 0 Å². The summed E-state index contributed by atoms with van der Waals surface area (Å²) in [6.07, 6.45) is 2.45. The first kappa shape index (κ1) is 17.6. The molecule has 0 atom stereocenters. The number of sulfone groups is 1. The molecule has 24 heavy (non-hydrogen) atoms. The van der Waals surface area contributed by atoms with E-state index in [2.05, 4.69) is 45.1 Å². The van der Waals surface area contributed by atoms with Gasteiger partial charge in [-0.2, -0.15) is 0 Å². The second kappa shape index (κ2) is 7.81. The summed E-state index contributed by atoms with van der Waals surface area (Å²) >= 11 is 3.35. The molecule has 0 amide bonds. The molecule has 0 spiro atoms. The van der Waals surface area contributed by atoms with Crippen LogP contribution >= 0.6 is 15.9 Å². The van der Waals surface area contributed by atoms with Gasteiger partial charge in [-0.05, 0) is 62.2 Å². The standard InChI is InChI=1S/C19H22BrNO2S/c20-17-6-8-18(9-7-17)24(22,23)19-11-14-21(15-12-19)13-10-16-4-2-1-3-5-16/h1-9,19H,10-15H2. The van der Waals surface area contributed by atoms with Crippen LogP contribution in [0, 0.1) is 0 Å². The van der Waals surface area contributed by atoms with Crippen molar-refractivity contribution >= 4 is 25.8 Å². The monoisotopic (exact) mass is 407 g/mol. The fourth-order valence-electron chi connectivity index (χ4n) is 3.19. The second-order valence-electron chi connectivity index (χ2n) is 6.28. The van der Waals surface area contributed by atoms with E-state index in [9.17, 15) is 8.42 Å². The highest BCUT2D eigenvalue weighted by Crippen LogP contribution is 2.25. The quantitative estimate of drug-likeness (QED) is 0.753. The lowest BCUT2D eigenvalue weighted by atomic mass is 10.1. The maximum atomic E-state index is 12.8. The van der Waals surface area contributed by atoms with Gasteiger partial charge in [0.25, 0.3) is 0 Å². The lowest BCUT2D eigenvalue weighted by molar-refractivity contribution is 0.232. The highest BCUT2D eigenvalue weighted by molar-refractivity contribution is 9.10. The number of piperidine rings is 1. The largest absolute Gasteiger partial charge is 0.303 e. The summed E-state index contributed by atoms with van der Waals surface area (Å²) in [6, 6.07) is 17.4. The number of rotatable bonds is 5. The van der Waals surface area contributed by atoms with E-state index < -0.39 is 9.84 Å². The molecule has 3 nitrogen and oxygen atoms in total. The fourth-order valence-corrected chi connectivity index (χ4v) is 5.19. The Bertz CT molecular complexity index is 752. The smallest absolute Gasteiger partial charge is 0.181 e. The normalized spacial score (nSPS) is 17.0. The van der Waals surface area contributed by atoms with Gasteiger partial charge < -0.3 is 4.90 Å². The van der Waals surface area contributed by atoms with Crippen molar-refractivity contribution in [2.75, 3.05) is 19.6 Å². The van der Waals surface area contributed by atoms with E-state index in [1.165, 1.54) is 5.56 Å². The Morgan fingerprint density at radius 3 is 2.21 bits per heavy atom. The summed E-state index contributed by atoms with van der Waals surface area (Å²) < 4.78 is 26.4.